The maximum absolute atomic E-state index is 12.5. The standard InChI is InChI=1S/C12H25O5P/c1-5-8-9-10-12(17-11(4)13)18(14,15-6-2)16-7-3/h12H,5-10H2,1-4H3/t12-/m1/s1. The lowest BCUT2D eigenvalue weighted by Gasteiger charge is -2.25. The predicted molar refractivity (Wildman–Crippen MR) is 70.6 cm³/mol. The molecule has 0 bridgehead atoms. The van der Waals surface area contributed by atoms with Crippen LogP contribution in [0.4, 0.5) is 0 Å². The van der Waals surface area contributed by atoms with Crippen LogP contribution in [0.5, 0.6) is 0 Å². The Bertz CT molecular complexity index is 270. The molecule has 0 heterocycles. The summed E-state index contributed by atoms with van der Waals surface area (Å²) in [4.78, 5) is 11.1. The van der Waals surface area contributed by atoms with Crippen LogP contribution in [0, 0.1) is 0 Å². The second kappa shape index (κ2) is 9.54. The molecule has 18 heavy (non-hydrogen) atoms. The molecule has 0 spiro atoms. The molecule has 0 saturated heterocycles. The molecule has 0 unspecified atom stereocenters. The number of rotatable bonds is 10. The van der Waals surface area contributed by atoms with Crippen molar-refractivity contribution in [3.05, 3.63) is 0 Å². The Hall–Kier alpha value is -0.380. The molecule has 0 aliphatic carbocycles. The van der Waals surface area contributed by atoms with Gasteiger partial charge < -0.3 is 13.8 Å². The van der Waals surface area contributed by atoms with E-state index in [0.717, 1.165) is 19.3 Å². The molecule has 108 valence electrons. The summed E-state index contributed by atoms with van der Waals surface area (Å²) in [5.41, 5.74) is 0. The third-order valence-electron chi connectivity index (χ3n) is 2.33. The number of carbonyl (C=O) groups is 1. The number of hydrogen-bond donors (Lipinski definition) is 0. The molecule has 0 amide bonds. The molecule has 0 aromatic rings. The summed E-state index contributed by atoms with van der Waals surface area (Å²) in [5.74, 6) is -1.25. The lowest BCUT2D eigenvalue weighted by molar-refractivity contribution is -0.144. The fourth-order valence-corrected chi connectivity index (χ4v) is 3.51. The molecule has 0 rings (SSSR count). The van der Waals surface area contributed by atoms with E-state index in [4.69, 9.17) is 13.8 Å². The van der Waals surface area contributed by atoms with Gasteiger partial charge in [-0.05, 0) is 26.7 Å². The average molecular weight is 280 g/mol. The van der Waals surface area contributed by atoms with Gasteiger partial charge in [0.15, 0.2) is 0 Å². The molecule has 0 aromatic heterocycles. The summed E-state index contributed by atoms with van der Waals surface area (Å²) in [6, 6.07) is 0. The topological polar surface area (TPSA) is 61.8 Å². The van der Waals surface area contributed by atoms with E-state index in [0.29, 0.717) is 6.42 Å². The quantitative estimate of drug-likeness (QED) is 0.347. The second-order valence-corrected chi connectivity index (χ2v) is 6.11. The number of ether oxygens (including phenoxy) is 1. The fourth-order valence-electron chi connectivity index (χ4n) is 1.61. The Kier molecular flexibility index (Phi) is 9.34. The highest BCUT2D eigenvalue weighted by atomic mass is 31.2. The van der Waals surface area contributed by atoms with E-state index in [2.05, 4.69) is 6.92 Å². The van der Waals surface area contributed by atoms with E-state index in [9.17, 15) is 9.36 Å². The van der Waals surface area contributed by atoms with Crippen LogP contribution in [-0.4, -0.2) is 25.0 Å². The predicted octanol–water partition coefficient (Wildman–Crippen LogP) is 3.72. The highest BCUT2D eigenvalue weighted by Gasteiger charge is 2.37. The van der Waals surface area contributed by atoms with E-state index >= 15 is 0 Å². The van der Waals surface area contributed by atoms with Gasteiger partial charge in [-0.2, -0.15) is 0 Å². The zero-order valence-electron chi connectivity index (χ0n) is 11.8. The van der Waals surface area contributed by atoms with Gasteiger partial charge in [-0.25, -0.2) is 0 Å². The molecular formula is C12H25O5P. The van der Waals surface area contributed by atoms with Crippen molar-refractivity contribution in [1.29, 1.82) is 0 Å². The molecule has 0 radical (unpaired) electrons. The van der Waals surface area contributed by atoms with Gasteiger partial charge in [0.05, 0.1) is 13.2 Å². The van der Waals surface area contributed by atoms with E-state index in [1.807, 2.05) is 0 Å². The molecule has 0 aromatic carbocycles. The van der Waals surface area contributed by atoms with E-state index in [1.54, 1.807) is 13.8 Å². The molecule has 0 aliphatic rings. The van der Waals surface area contributed by atoms with Crippen LogP contribution < -0.4 is 0 Å². The maximum Gasteiger partial charge on any atom is 0.370 e. The SMILES string of the molecule is CCCCC[C@H](OC(C)=O)P(=O)(OCC)OCC. The number of unbranched alkanes of at least 4 members (excludes halogenated alkanes) is 2. The first-order valence-corrected chi connectivity index (χ1v) is 8.17. The molecule has 0 N–H and O–H groups in total. The Balaban J connectivity index is 4.73. The normalized spacial score (nSPS) is 13.3. The Morgan fingerprint density at radius 1 is 1.11 bits per heavy atom. The van der Waals surface area contributed by atoms with Crippen molar-refractivity contribution in [3.63, 3.8) is 0 Å². The molecule has 0 fully saturated rings. The number of carbonyl (C=O) groups excluding carboxylic acids is 1. The minimum Gasteiger partial charge on any atom is -0.450 e. The average Bonchev–Trinajstić information content (AvgIpc) is 2.28. The van der Waals surface area contributed by atoms with Crippen molar-refractivity contribution in [2.45, 2.75) is 59.2 Å². The van der Waals surface area contributed by atoms with Crippen molar-refractivity contribution < 1.29 is 23.1 Å². The van der Waals surface area contributed by atoms with Gasteiger partial charge in [0.2, 0.25) is 5.85 Å². The van der Waals surface area contributed by atoms with Crippen LogP contribution in [0.25, 0.3) is 0 Å². The highest BCUT2D eigenvalue weighted by molar-refractivity contribution is 7.54. The molecule has 1 atom stereocenters. The van der Waals surface area contributed by atoms with Gasteiger partial charge >= 0.3 is 13.6 Å². The van der Waals surface area contributed by atoms with Gasteiger partial charge in [0.1, 0.15) is 0 Å². The van der Waals surface area contributed by atoms with Crippen LogP contribution in [0.15, 0.2) is 0 Å². The third-order valence-corrected chi connectivity index (χ3v) is 4.63. The maximum atomic E-state index is 12.5. The molecule has 6 heteroatoms. The summed E-state index contributed by atoms with van der Waals surface area (Å²) >= 11 is 0. The monoisotopic (exact) mass is 280 g/mol. The first-order chi connectivity index (χ1) is 8.50. The Labute approximate surface area is 110 Å². The van der Waals surface area contributed by atoms with Crippen molar-refractivity contribution in [3.8, 4) is 0 Å². The molecule has 0 saturated carbocycles. The van der Waals surface area contributed by atoms with Crippen molar-refractivity contribution >= 4 is 13.6 Å². The van der Waals surface area contributed by atoms with Crippen LogP contribution in [-0.2, 0) is 23.1 Å². The summed E-state index contributed by atoms with van der Waals surface area (Å²) in [6.45, 7) is 7.39. The molecule has 5 nitrogen and oxygen atoms in total. The highest BCUT2D eigenvalue weighted by Crippen LogP contribution is 2.55. The zero-order chi connectivity index (χ0) is 14.0. The lowest BCUT2D eigenvalue weighted by atomic mass is 10.2. The third kappa shape index (κ3) is 6.53. The van der Waals surface area contributed by atoms with Crippen LogP contribution in [0.1, 0.15) is 53.4 Å². The first-order valence-electron chi connectivity index (χ1n) is 6.56. The van der Waals surface area contributed by atoms with Crippen LogP contribution in [0.2, 0.25) is 0 Å². The van der Waals surface area contributed by atoms with Gasteiger partial charge in [0, 0.05) is 6.92 Å². The van der Waals surface area contributed by atoms with E-state index in [-0.39, 0.29) is 13.2 Å². The summed E-state index contributed by atoms with van der Waals surface area (Å²) in [7, 11) is -3.37. The summed E-state index contributed by atoms with van der Waals surface area (Å²) in [6.07, 6.45) is 3.37. The zero-order valence-corrected chi connectivity index (χ0v) is 12.7. The van der Waals surface area contributed by atoms with Crippen LogP contribution >= 0.6 is 7.60 Å². The minimum absolute atomic E-state index is 0.267. The van der Waals surface area contributed by atoms with Gasteiger partial charge in [-0.3, -0.25) is 9.36 Å². The Morgan fingerprint density at radius 3 is 2.06 bits per heavy atom. The van der Waals surface area contributed by atoms with Gasteiger partial charge in [-0.1, -0.05) is 19.8 Å². The van der Waals surface area contributed by atoms with Crippen molar-refractivity contribution in [2.24, 2.45) is 0 Å². The largest absolute Gasteiger partial charge is 0.450 e. The smallest absolute Gasteiger partial charge is 0.370 e. The van der Waals surface area contributed by atoms with Gasteiger partial charge in [-0.15, -0.1) is 0 Å². The second-order valence-electron chi connectivity index (χ2n) is 3.94. The minimum atomic E-state index is -3.37. The fraction of sp³-hybridized carbons (Fsp3) is 0.917. The summed E-state index contributed by atoms with van der Waals surface area (Å²) < 4.78 is 28.1. The van der Waals surface area contributed by atoms with Crippen molar-refractivity contribution in [2.75, 3.05) is 13.2 Å². The van der Waals surface area contributed by atoms with Crippen LogP contribution in [0.3, 0.4) is 0 Å². The molecule has 0 aliphatic heterocycles. The summed E-state index contributed by atoms with van der Waals surface area (Å²) in [5, 5.41) is 0. The van der Waals surface area contributed by atoms with Gasteiger partial charge in [0.25, 0.3) is 0 Å². The lowest BCUT2D eigenvalue weighted by Crippen LogP contribution is -2.20. The molecular weight excluding hydrogens is 255 g/mol. The van der Waals surface area contributed by atoms with Crippen molar-refractivity contribution in [1.82, 2.24) is 0 Å². The number of esters is 1. The van der Waals surface area contributed by atoms with E-state index < -0.39 is 19.4 Å². The van der Waals surface area contributed by atoms with E-state index in [1.165, 1.54) is 6.92 Å². The first kappa shape index (κ1) is 17.6. The Morgan fingerprint density at radius 2 is 1.67 bits per heavy atom. The number of hydrogen-bond acceptors (Lipinski definition) is 5.